The Labute approximate surface area is 72.5 Å². The van der Waals surface area contributed by atoms with Gasteiger partial charge in [-0.05, 0) is 25.7 Å². The van der Waals surface area contributed by atoms with E-state index in [0.29, 0.717) is 25.7 Å². The summed E-state index contributed by atoms with van der Waals surface area (Å²) in [5.74, 6) is 0. The maximum absolute atomic E-state index is 9.23. The zero-order valence-electron chi connectivity index (χ0n) is 7.19. The number of hydrogen-bond donors (Lipinski definition) is 4. The van der Waals surface area contributed by atoms with Crippen LogP contribution in [0.5, 0.6) is 0 Å². The molecule has 0 aromatic rings. The largest absolute Gasteiger partial charge is 0.396 e. The predicted octanol–water partition coefficient (Wildman–Crippen LogP) is -0.747. The average molecular weight is 178 g/mol. The minimum atomic E-state index is -0.774. The third-order valence-electron chi connectivity index (χ3n) is 1.76. The quantitative estimate of drug-likeness (QED) is 0.413. The highest BCUT2D eigenvalue weighted by molar-refractivity contribution is 4.66. The summed E-state index contributed by atoms with van der Waals surface area (Å²) >= 11 is 0. The van der Waals surface area contributed by atoms with Gasteiger partial charge in [-0.25, -0.2) is 0 Å². The van der Waals surface area contributed by atoms with Gasteiger partial charge in [0.05, 0.1) is 12.2 Å². The second-order valence-electron chi connectivity index (χ2n) is 2.87. The number of hydrogen-bond acceptors (Lipinski definition) is 4. The first-order chi connectivity index (χ1) is 5.72. The molecule has 4 heteroatoms. The van der Waals surface area contributed by atoms with Gasteiger partial charge in [0.25, 0.3) is 0 Å². The molecule has 0 rings (SSSR count). The van der Waals surface area contributed by atoms with Crippen LogP contribution in [0.2, 0.25) is 0 Å². The molecule has 0 radical (unpaired) electrons. The third kappa shape index (κ3) is 5.49. The van der Waals surface area contributed by atoms with Crippen molar-refractivity contribution in [1.29, 1.82) is 0 Å². The Hall–Kier alpha value is -0.160. The van der Waals surface area contributed by atoms with Gasteiger partial charge in [0.15, 0.2) is 0 Å². The van der Waals surface area contributed by atoms with Gasteiger partial charge in [-0.15, -0.1) is 0 Å². The topological polar surface area (TPSA) is 80.9 Å². The van der Waals surface area contributed by atoms with Gasteiger partial charge in [0.2, 0.25) is 0 Å². The smallest absolute Gasteiger partial charge is 0.0800 e. The van der Waals surface area contributed by atoms with Crippen molar-refractivity contribution in [3.05, 3.63) is 0 Å². The van der Waals surface area contributed by atoms with Gasteiger partial charge in [-0.2, -0.15) is 0 Å². The second kappa shape index (κ2) is 7.49. The van der Waals surface area contributed by atoms with Crippen LogP contribution in [0.4, 0.5) is 0 Å². The van der Waals surface area contributed by atoms with Crippen molar-refractivity contribution >= 4 is 0 Å². The molecule has 0 aromatic carbocycles. The minimum Gasteiger partial charge on any atom is -0.396 e. The van der Waals surface area contributed by atoms with E-state index in [1.165, 1.54) is 0 Å². The van der Waals surface area contributed by atoms with E-state index in [2.05, 4.69) is 0 Å². The van der Waals surface area contributed by atoms with Crippen molar-refractivity contribution < 1.29 is 20.4 Å². The first kappa shape index (κ1) is 11.8. The van der Waals surface area contributed by atoms with E-state index in [1.807, 2.05) is 0 Å². The highest BCUT2D eigenvalue weighted by atomic mass is 16.3. The zero-order chi connectivity index (χ0) is 9.40. The lowest BCUT2D eigenvalue weighted by Crippen LogP contribution is -2.26. The van der Waals surface area contributed by atoms with Crippen molar-refractivity contribution in [3.8, 4) is 0 Å². The maximum atomic E-state index is 9.23. The summed E-state index contributed by atoms with van der Waals surface area (Å²) in [6, 6.07) is 0. The van der Waals surface area contributed by atoms with Crippen LogP contribution in [-0.2, 0) is 0 Å². The molecule has 0 aliphatic carbocycles. The van der Waals surface area contributed by atoms with Crippen LogP contribution in [0, 0.1) is 0 Å². The molecule has 4 N–H and O–H groups in total. The van der Waals surface area contributed by atoms with Crippen LogP contribution in [0.1, 0.15) is 25.7 Å². The Morgan fingerprint density at radius 1 is 0.750 bits per heavy atom. The van der Waals surface area contributed by atoms with Crippen molar-refractivity contribution in [2.75, 3.05) is 13.2 Å². The molecule has 0 spiro atoms. The SMILES string of the molecule is OCCCC(O)C(O)CCCO. The molecule has 12 heavy (non-hydrogen) atoms. The molecule has 0 amide bonds. The van der Waals surface area contributed by atoms with Crippen molar-refractivity contribution in [2.45, 2.75) is 37.9 Å². The van der Waals surface area contributed by atoms with E-state index in [0.717, 1.165) is 0 Å². The highest BCUT2D eigenvalue weighted by Crippen LogP contribution is 2.07. The molecule has 0 saturated carbocycles. The molecule has 2 unspecified atom stereocenters. The minimum absolute atomic E-state index is 0.0315. The summed E-state index contributed by atoms with van der Waals surface area (Å²) in [6.45, 7) is 0.0631. The van der Waals surface area contributed by atoms with Gasteiger partial charge >= 0.3 is 0 Å². The summed E-state index contributed by atoms with van der Waals surface area (Å²) in [5.41, 5.74) is 0. The number of aliphatic hydroxyl groups is 4. The molecule has 4 nitrogen and oxygen atoms in total. The van der Waals surface area contributed by atoms with Gasteiger partial charge < -0.3 is 20.4 Å². The Morgan fingerprint density at radius 2 is 1.08 bits per heavy atom. The number of rotatable bonds is 7. The molecule has 0 heterocycles. The molecule has 0 saturated heterocycles. The Kier molecular flexibility index (Phi) is 7.39. The Morgan fingerprint density at radius 3 is 1.33 bits per heavy atom. The van der Waals surface area contributed by atoms with Crippen LogP contribution in [0.15, 0.2) is 0 Å². The fourth-order valence-corrected chi connectivity index (χ4v) is 0.986. The molecule has 0 fully saturated rings. The summed E-state index contributed by atoms with van der Waals surface area (Å²) in [4.78, 5) is 0. The summed E-state index contributed by atoms with van der Waals surface area (Å²) < 4.78 is 0. The van der Waals surface area contributed by atoms with E-state index in [1.54, 1.807) is 0 Å². The number of aliphatic hydroxyl groups excluding tert-OH is 4. The van der Waals surface area contributed by atoms with Crippen LogP contribution >= 0.6 is 0 Å². The predicted molar refractivity (Wildman–Crippen MR) is 44.7 cm³/mol. The van der Waals surface area contributed by atoms with Gasteiger partial charge in [-0.1, -0.05) is 0 Å². The molecule has 0 aliphatic heterocycles. The van der Waals surface area contributed by atoms with E-state index in [9.17, 15) is 10.2 Å². The van der Waals surface area contributed by atoms with Crippen molar-refractivity contribution in [3.63, 3.8) is 0 Å². The second-order valence-corrected chi connectivity index (χ2v) is 2.87. The monoisotopic (exact) mass is 178 g/mol. The third-order valence-corrected chi connectivity index (χ3v) is 1.76. The van der Waals surface area contributed by atoms with E-state index in [-0.39, 0.29) is 13.2 Å². The zero-order valence-corrected chi connectivity index (χ0v) is 7.19. The van der Waals surface area contributed by atoms with Crippen LogP contribution in [0.25, 0.3) is 0 Å². The molecular formula is C8H18O4. The van der Waals surface area contributed by atoms with E-state index >= 15 is 0 Å². The summed E-state index contributed by atoms with van der Waals surface area (Å²) in [5, 5.41) is 35.3. The van der Waals surface area contributed by atoms with E-state index in [4.69, 9.17) is 10.2 Å². The molecule has 0 bridgehead atoms. The molecule has 74 valence electrons. The molecule has 0 aliphatic rings. The lowest BCUT2D eigenvalue weighted by molar-refractivity contribution is 0.00339. The summed E-state index contributed by atoms with van der Waals surface area (Å²) in [7, 11) is 0. The molecular weight excluding hydrogens is 160 g/mol. The fraction of sp³-hybridized carbons (Fsp3) is 1.00. The van der Waals surface area contributed by atoms with Gasteiger partial charge in [0, 0.05) is 13.2 Å². The van der Waals surface area contributed by atoms with Crippen LogP contribution in [0.3, 0.4) is 0 Å². The Balaban J connectivity index is 3.39. The van der Waals surface area contributed by atoms with Crippen molar-refractivity contribution in [1.82, 2.24) is 0 Å². The highest BCUT2D eigenvalue weighted by Gasteiger charge is 2.14. The van der Waals surface area contributed by atoms with Crippen molar-refractivity contribution in [2.24, 2.45) is 0 Å². The summed E-state index contributed by atoms with van der Waals surface area (Å²) in [6.07, 6.45) is 0.258. The van der Waals surface area contributed by atoms with Crippen LogP contribution < -0.4 is 0 Å². The van der Waals surface area contributed by atoms with Gasteiger partial charge in [0.1, 0.15) is 0 Å². The lowest BCUT2D eigenvalue weighted by Gasteiger charge is -2.16. The molecule has 0 aromatic heterocycles. The van der Waals surface area contributed by atoms with E-state index < -0.39 is 12.2 Å². The lowest BCUT2D eigenvalue weighted by atomic mass is 10.0. The van der Waals surface area contributed by atoms with Gasteiger partial charge in [-0.3, -0.25) is 0 Å². The Bertz CT molecular complexity index is 85.1. The first-order valence-corrected chi connectivity index (χ1v) is 4.30. The molecule has 2 atom stereocenters. The fourth-order valence-electron chi connectivity index (χ4n) is 0.986. The normalized spacial score (nSPS) is 16.0. The maximum Gasteiger partial charge on any atom is 0.0800 e. The van der Waals surface area contributed by atoms with Crippen LogP contribution in [-0.4, -0.2) is 45.8 Å². The standard InChI is InChI=1S/C8H18O4/c9-5-1-3-7(11)8(12)4-2-6-10/h7-12H,1-6H2. The average Bonchev–Trinajstić information content (AvgIpc) is 2.10. The first-order valence-electron chi connectivity index (χ1n) is 4.30.